The monoisotopic (exact) mass is 235 g/mol. The summed E-state index contributed by atoms with van der Waals surface area (Å²) in [5.41, 5.74) is 6.74. The fourth-order valence-corrected chi connectivity index (χ4v) is 2.28. The van der Waals surface area contributed by atoms with Gasteiger partial charge in [-0.05, 0) is 31.2 Å². The molecule has 2 heterocycles. The van der Waals surface area contributed by atoms with Crippen molar-refractivity contribution in [3.05, 3.63) is 12.1 Å². The summed E-state index contributed by atoms with van der Waals surface area (Å²) in [6.07, 6.45) is 3.71. The van der Waals surface area contributed by atoms with E-state index in [2.05, 4.69) is 16.8 Å². The molecular formula is C13H21N3O. The van der Waals surface area contributed by atoms with Crippen LogP contribution in [0.25, 0.3) is 0 Å². The Labute approximate surface area is 103 Å². The Morgan fingerprint density at radius 1 is 1.35 bits per heavy atom. The average Bonchev–Trinajstić information content (AvgIpc) is 2.55. The van der Waals surface area contributed by atoms with Gasteiger partial charge in [0.2, 0.25) is 5.88 Å². The molecule has 1 unspecified atom stereocenters. The molecule has 0 aromatic carbocycles. The van der Waals surface area contributed by atoms with Crippen LogP contribution >= 0.6 is 0 Å². The predicted molar refractivity (Wildman–Crippen MR) is 70.4 cm³/mol. The van der Waals surface area contributed by atoms with E-state index in [4.69, 9.17) is 10.5 Å². The zero-order valence-electron chi connectivity index (χ0n) is 10.6. The number of rotatable bonds is 2. The van der Waals surface area contributed by atoms with Gasteiger partial charge in [-0.25, -0.2) is 0 Å². The van der Waals surface area contributed by atoms with E-state index in [0.29, 0.717) is 5.88 Å². The molecule has 0 aliphatic carbocycles. The number of nitrogens with two attached hydrogens (primary N) is 1. The topological polar surface area (TPSA) is 51.4 Å². The third-order valence-electron chi connectivity index (χ3n) is 3.41. The largest absolute Gasteiger partial charge is 0.481 e. The van der Waals surface area contributed by atoms with Crippen LogP contribution in [-0.2, 0) is 0 Å². The molecule has 1 fully saturated rings. The van der Waals surface area contributed by atoms with Crippen LogP contribution in [0.5, 0.6) is 5.88 Å². The number of hydrogen-bond acceptors (Lipinski definition) is 4. The lowest BCUT2D eigenvalue weighted by molar-refractivity contribution is 0.398. The number of pyridine rings is 1. The Morgan fingerprint density at radius 3 is 2.94 bits per heavy atom. The Morgan fingerprint density at radius 2 is 2.18 bits per heavy atom. The van der Waals surface area contributed by atoms with Crippen molar-refractivity contribution >= 4 is 11.5 Å². The Bertz CT molecular complexity index is 381. The summed E-state index contributed by atoms with van der Waals surface area (Å²) in [6, 6.07) is 3.68. The molecule has 1 aliphatic heterocycles. The van der Waals surface area contributed by atoms with E-state index in [0.717, 1.165) is 30.5 Å². The fraction of sp³-hybridized carbons (Fsp3) is 0.615. The Kier molecular flexibility index (Phi) is 3.71. The molecule has 2 N–H and O–H groups in total. The fourth-order valence-electron chi connectivity index (χ4n) is 2.28. The normalized spacial score (nSPS) is 21.1. The molecule has 2 rings (SSSR count). The summed E-state index contributed by atoms with van der Waals surface area (Å²) in [4.78, 5) is 6.74. The maximum Gasteiger partial charge on any atom is 0.215 e. The number of anilines is 2. The number of nitrogens with zero attached hydrogens (tertiary/aromatic N) is 2. The van der Waals surface area contributed by atoms with Gasteiger partial charge in [0, 0.05) is 19.2 Å². The average molecular weight is 235 g/mol. The zero-order chi connectivity index (χ0) is 12.3. The van der Waals surface area contributed by atoms with Gasteiger partial charge in [0.05, 0.1) is 12.8 Å². The SMILES string of the molecule is COc1ccc(N)c(N2CCCC(C)CC2)n1. The highest BCUT2D eigenvalue weighted by Crippen LogP contribution is 2.27. The van der Waals surface area contributed by atoms with Crippen LogP contribution in [0.15, 0.2) is 12.1 Å². The molecule has 1 aromatic rings. The van der Waals surface area contributed by atoms with Gasteiger partial charge >= 0.3 is 0 Å². The quantitative estimate of drug-likeness (QED) is 0.854. The van der Waals surface area contributed by atoms with Crippen LogP contribution in [0.3, 0.4) is 0 Å². The minimum atomic E-state index is 0.631. The maximum atomic E-state index is 6.00. The first-order chi connectivity index (χ1) is 8.20. The van der Waals surface area contributed by atoms with Crippen LogP contribution < -0.4 is 15.4 Å². The molecule has 1 aliphatic rings. The van der Waals surface area contributed by atoms with Crippen LogP contribution in [0, 0.1) is 5.92 Å². The molecule has 0 spiro atoms. The second-order valence-corrected chi connectivity index (χ2v) is 4.79. The van der Waals surface area contributed by atoms with E-state index in [9.17, 15) is 0 Å². The van der Waals surface area contributed by atoms with Gasteiger partial charge in [-0.15, -0.1) is 0 Å². The third-order valence-corrected chi connectivity index (χ3v) is 3.41. The summed E-state index contributed by atoms with van der Waals surface area (Å²) < 4.78 is 5.16. The summed E-state index contributed by atoms with van der Waals surface area (Å²) >= 11 is 0. The van der Waals surface area contributed by atoms with Crippen molar-refractivity contribution in [2.75, 3.05) is 30.8 Å². The molecule has 0 bridgehead atoms. The molecular weight excluding hydrogens is 214 g/mol. The van der Waals surface area contributed by atoms with Crippen molar-refractivity contribution in [1.82, 2.24) is 4.98 Å². The highest BCUT2D eigenvalue weighted by atomic mass is 16.5. The molecule has 17 heavy (non-hydrogen) atoms. The van der Waals surface area contributed by atoms with Crippen molar-refractivity contribution in [3.8, 4) is 5.88 Å². The van der Waals surface area contributed by atoms with Crippen LogP contribution in [0.4, 0.5) is 11.5 Å². The molecule has 4 heteroatoms. The number of nitrogen functional groups attached to an aromatic ring is 1. The summed E-state index contributed by atoms with van der Waals surface area (Å²) in [5, 5.41) is 0. The number of methoxy groups -OCH3 is 1. The zero-order valence-corrected chi connectivity index (χ0v) is 10.6. The van der Waals surface area contributed by atoms with Gasteiger partial charge in [-0.1, -0.05) is 6.92 Å². The van der Waals surface area contributed by atoms with Crippen LogP contribution in [-0.4, -0.2) is 25.2 Å². The Balaban J connectivity index is 2.20. The van der Waals surface area contributed by atoms with Gasteiger partial charge in [0.15, 0.2) is 5.82 Å². The van der Waals surface area contributed by atoms with E-state index < -0.39 is 0 Å². The number of ether oxygens (including phenoxy) is 1. The van der Waals surface area contributed by atoms with E-state index in [1.54, 1.807) is 13.2 Å². The Hall–Kier alpha value is -1.45. The van der Waals surface area contributed by atoms with Crippen molar-refractivity contribution in [2.45, 2.75) is 26.2 Å². The van der Waals surface area contributed by atoms with Gasteiger partial charge in [0.1, 0.15) is 0 Å². The molecule has 94 valence electrons. The van der Waals surface area contributed by atoms with Crippen molar-refractivity contribution in [3.63, 3.8) is 0 Å². The van der Waals surface area contributed by atoms with Crippen molar-refractivity contribution < 1.29 is 4.74 Å². The minimum absolute atomic E-state index is 0.631. The lowest BCUT2D eigenvalue weighted by Gasteiger charge is -2.23. The first-order valence-electron chi connectivity index (χ1n) is 6.26. The summed E-state index contributed by atoms with van der Waals surface area (Å²) in [5.74, 6) is 2.30. The van der Waals surface area contributed by atoms with Gasteiger partial charge < -0.3 is 15.4 Å². The highest BCUT2D eigenvalue weighted by molar-refractivity contribution is 5.63. The smallest absolute Gasteiger partial charge is 0.215 e. The standard InChI is InChI=1S/C13H21N3O/c1-10-4-3-8-16(9-7-10)13-11(14)5-6-12(15-13)17-2/h5-6,10H,3-4,7-9,14H2,1-2H3. The van der Waals surface area contributed by atoms with Crippen molar-refractivity contribution in [1.29, 1.82) is 0 Å². The third kappa shape index (κ3) is 2.81. The minimum Gasteiger partial charge on any atom is -0.481 e. The molecule has 1 saturated heterocycles. The first kappa shape index (κ1) is 12.0. The van der Waals surface area contributed by atoms with Gasteiger partial charge in [0.25, 0.3) is 0 Å². The molecule has 1 aromatic heterocycles. The molecule has 4 nitrogen and oxygen atoms in total. The maximum absolute atomic E-state index is 6.00. The van der Waals surface area contributed by atoms with Gasteiger partial charge in [-0.3, -0.25) is 0 Å². The molecule has 1 atom stereocenters. The van der Waals surface area contributed by atoms with E-state index in [1.807, 2.05) is 6.07 Å². The first-order valence-corrected chi connectivity index (χ1v) is 6.26. The number of aromatic nitrogens is 1. The molecule has 0 saturated carbocycles. The second kappa shape index (κ2) is 5.25. The van der Waals surface area contributed by atoms with E-state index in [1.165, 1.54) is 19.3 Å². The van der Waals surface area contributed by atoms with E-state index in [-0.39, 0.29) is 0 Å². The predicted octanol–water partition coefficient (Wildman–Crippen LogP) is 2.30. The van der Waals surface area contributed by atoms with Crippen molar-refractivity contribution in [2.24, 2.45) is 5.92 Å². The lowest BCUT2D eigenvalue weighted by Crippen LogP contribution is -2.26. The lowest BCUT2D eigenvalue weighted by atomic mass is 10.0. The highest BCUT2D eigenvalue weighted by Gasteiger charge is 2.17. The second-order valence-electron chi connectivity index (χ2n) is 4.79. The summed E-state index contributed by atoms with van der Waals surface area (Å²) in [6.45, 7) is 4.38. The molecule has 0 amide bonds. The summed E-state index contributed by atoms with van der Waals surface area (Å²) in [7, 11) is 1.63. The number of hydrogen-bond donors (Lipinski definition) is 1. The van der Waals surface area contributed by atoms with Crippen LogP contribution in [0.2, 0.25) is 0 Å². The molecule has 0 radical (unpaired) electrons. The van der Waals surface area contributed by atoms with E-state index >= 15 is 0 Å². The van der Waals surface area contributed by atoms with Crippen LogP contribution in [0.1, 0.15) is 26.2 Å². The van der Waals surface area contributed by atoms with Gasteiger partial charge in [-0.2, -0.15) is 4.98 Å².